The maximum atomic E-state index is 11.0. The van der Waals surface area contributed by atoms with Gasteiger partial charge < -0.3 is 0 Å². The first-order valence-electron chi connectivity index (χ1n) is 5.22. The third kappa shape index (κ3) is 4.28. The van der Waals surface area contributed by atoms with E-state index in [0.717, 1.165) is 23.8 Å². The molecule has 0 aliphatic carbocycles. The molecule has 0 N–H and O–H groups in total. The summed E-state index contributed by atoms with van der Waals surface area (Å²) in [5.74, 6) is 0. The average molecular weight is 243 g/mol. The highest BCUT2D eigenvalue weighted by molar-refractivity contribution is 7.86. The van der Waals surface area contributed by atoms with Crippen LogP contribution in [0.25, 0.3) is 0 Å². The van der Waals surface area contributed by atoms with Crippen molar-refractivity contribution in [2.75, 3.05) is 6.26 Å². The number of hydrogen-bond donors (Lipinski definition) is 0. The van der Waals surface area contributed by atoms with Crippen LogP contribution in [0.1, 0.15) is 25.0 Å². The van der Waals surface area contributed by atoms with Crippen molar-refractivity contribution >= 4 is 10.1 Å². The van der Waals surface area contributed by atoms with Crippen LogP contribution in [-0.2, 0) is 27.1 Å². The van der Waals surface area contributed by atoms with Crippen LogP contribution >= 0.6 is 0 Å². The molecule has 0 amide bonds. The van der Waals surface area contributed by atoms with Gasteiger partial charge in [-0.3, -0.25) is 9.17 Å². The molecule has 0 spiro atoms. The molecular formula is C11H17NO3S. The maximum absolute atomic E-state index is 11.0. The first-order valence-corrected chi connectivity index (χ1v) is 7.04. The number of pyridine rings is 1. The van der Waals surface area contributed by atoms with Crippen molar-refractivity contribution in [3.05, 3.63) is 29.6 Å². The lowest BCUT2D eigenvalue weighted by Gasteiger charge is -2.13. The quantitative estimate of drug-likeness (QED) is 0.736. The smallest absolute Gasteiger partial charge is 0.264 e. The third-order valence-electron chi connectivity index (χ3n) is 2.23. The predicted octanol–water partition coefficient (Wildman–Crippen LogP) is 1.55. The van der Waals surface area contributed by atoms with Gasteiger partial charge in [0.15, 0.2) is 0 Å². The van der Waals surface area contributed by atoms with Gasteiger partial charge in [-0.15, -0.1) is 0 Å². The summed E-state index contributed by atoms with van der Waals surface area (Å²) in [4.78, 5) is 4.04. The van der Waals surface area contributed by atoms with Gasteiger partial charge in [0.25, 0.3) is 10.1 Å². The molecule has 0 radical (unpaired) electrons. The fourth-order valence-electron chi connectivity index (χ4n) is 1.62. The molecule has 0 aliphatic rings. The average Bonchev–Trinajstić information content (AvgIpc) is 2.15. The van der Waals surface area contributed by atoms with E-state index in [2.05, 4.69) is 4.98 Å². The van der Waals surface area contributed by atoms with Crippen molar-refractivity contribution in [2.24, 2.45) is 0 Å². The van der Waals surface area contributed by atoms with Gasteiger partial charge in [0, 0.05) is 18.8 Å². The van der Waals surface area contributed by atoms with E-state index in [1.165, 1.54) is 0 Å². The van der Waals surface area contributed by atoms with E-state index in [1.807, 2.05) is 19.2 Å². The molecule has 1 heterocycles. The van der Waals surface area contributed by atoms with E-state index in [1.54, 1.807) is 13.1 Å². The minimum absolute atomic E-state index is 0.345. The van der Waals surface area contributed by atoms with E-state index in [0.29, 0.717) is 6.42 Å². The first-order chi connectivity index (χ1) is 7.42. The van der Waals surface area contributed by atoms with Crippen molar-refractivity contribution in [1.29, 1.82) is 0 Å². The highest BCUT2D eigenvalue weighted by atomic mass is 32.2. The van der Waals surface area contributed by atoms with Crippen LogP contribution in [-0.4, -0.2) is 25.8 Å². The Morgan fingerprint density at radius 3 is 2.69 bits per heavy atom. The number of aromatic nitrogens is 1. The molecule has 1 unspecified atom stereocenters. The van der Waals surface area contributed by atoms with Crippen LogP contribution in [0, 0.1) is 0 Å². The molecule has 4 nitrogen and oxygen atoms in total. The van der Waals surface area contributed by atoms with Gasteiger partial charge >= 0.3 is 0 Å². The standard InChI is InChI=1S/C11H17NO3S/c1-4-10-8-12-6-5-11(10)7-9(2)15-16(3,13)14/h5-6,8-9H,4,7H2,1-3H3. The molecule has 0 aliphatic heterocycles. The summed E-state index contributed by atoms with van der Waals surface area (Å²) in [5, 5.41) is 0. The van der Waals surface area contributed by atoms with E-state index >= 15 is 0 Å². The Kier molecular flexibility index (Phi) is 4.44. The van der Waals surface area contributed by atoms with Crippen LogP contribution in [0.4, 0.5) is 0 Å². The fraction of sp³-hybridized carbons (Fsp3) is 0.545. The van der Waals surface area contributed by atoms with Crippen LogP contribution in [0.15, 0.2) is 18.5 Å². The lowest BCUT2D eigenvalue weighted by Crippen LogP contribution is -2.17. The summed E-state index contributed by atoms with van der Waals surface area (Å²) in [5.41, 5.74) is 2.22. The highest BCUT2D eigenvalue weighted by Gasteiger charge is 2.12. The minimum atomic E-state index is -3.38. The molecule has 0 aromatic carbocycles. The van der Waals surface area contributed by atoms with Gasteiger partial charge in [0.1, 0.15) is 0 Å². The molecule has 0 fully saturated rings. The predicted molar refractivity (Wildman–Crippen MR) is 62.7 cm³/mol. The molecule has 1 atom stereocenters. The normalized spacial score (nSPS) is 13.7. The largest absolute Gasteiger partial charge is 0.267 e. The lowest BCUT2D eigenvalue weighted by molar-refractivity contribution is 0.231. The van der Waals surface area contributed by atoms with Gasteiger partial charge in [-0.25, -0.2) is 0 Å². The van der Waals surface area contributed by atoms with Crippen molar-refractivity contribution in [1.82, 2.24) is 4.98 Å². The number of nitrogens with zero attached hydrogens (tertiary/aromatic N) is 1. The molecule has 90 valence electrons. The van der Waals surface area contributed by atoms with Crippen LogP contribution in [0.5, 0.6) is 0 Å². The van der Waals surface area contributed by atoms with Crippen molar-refractivity contribution in [3.63, 3.8) is 0 Å². The third-order valence-corrected chi connectivity index (χ3v) is 2.91. The van der Waals surface area contributed by atoms with Gasteiger partial charge in [0.2, 0.25) is 0 Å². The zero-order chi connectivity index (χ0) is 12.2. The molecule has 1 rings (SSSR count). The molecular weight excluding hydrogens is 226 g/mol. The number of hydrogen-bond acceptors (Lipinski definition) is 4. The molecule has 1 aromatic heterocycles. The van der Waals surface area contributed by atoms with Crippen LogP contribution in [0.2, 0.25) is 0 Å². The molecule has 0 saturated carbocycles. The van der Waals surface area contributed by atoms with Crippen molar-refractivity contribution in [2.45, 2.75) is 32.8 Å². The van der Waals surface area contributed by atoms with E-state index in [-0.39, 0.29) is 6.10 Å². The second-order valence-electron chi connectivity index (χ2n) is 3.81. The van der Waals surface area contributed by atoms with Crippen molar-refractivity contribution in [3.8, 4) is 0 Å². The molecule has 5 heteroatoms. The van der Waals surface area contributed by atoms with Gasteiger partial charge in [-0.2, -0.15) is 8.42 Å². The Labute approximate surface area is 96.8 Å². The minimum Gasteiger partial charge on any atom is -0.267 e. The Bertz CT molecular complexity index is 442. The Hall–Kier alpha value is -0.940. The molecule has 0 bridgehead atoms. The topological polar surface area (TPSA) is 56.3 Å². The number of aryl methyl sites for hydroxylation is 1. The highest BCUT2D eigenvalue weighted by Crippen LogP contribution is 2.12. The van der Waals surface area contributed by atoms with E-state index in [9.17, 15) is 8.42 Å². The Morgan fingerprint density at radius 1 is 1.44 bits per heavy atom. The summed E-state index contributed by atoms with van der Waals surface area (Å²) < 4.78 is 26.8. The van der Waals surface area contributed by atoms with Crippen molar-refractivity contribution < 1.29 is 12.6 Å². The van der Waals surface area contributed by atoms with Gasteiger partial charge in [-0.1, -0.05) is 6.92 Å². The Balaban J connectivity index is 2.73. The maximum Gasteiger partial charge on any atom is 0.264 e. The molecule has 16 heavy (non-hydrogen) atoms. The summed E-state index contributed by atoms with van der Waals surface area (Å²) >= 11 is 0. The zero-order valence-corrected chi connectivity index (χ0v) is 10.6. The summed E-state index contributed by atoms with van der Waals surface area (Å²) in [6, 6.07) is 1.90. The first kappa shape index (κ1) is 13.1. The second-order valence-corrected chi connectivity index (χ2v) is 5.41. The fourth-order valence-corrected chi connectivity index (χ4v) is 2.28. The van der Waals surface area contributed by atoms with E-state index in [4.69, 9.17) is 4.18 Å². The van der Waals surface area contributed by atoms with Crippen LogP contribution < -0.4 is 0 Å². The van der Waals surface area contributed by atoms with E-state index < -0.39 is 10.1 Å². The second kappa shape index (κ2) is 5.41. The number of rotatable bonds is 5. The van der Waals surface area contributed by atoms with Crippen LogP contribution in [0.3, 0.4) is 0 Å². The zero-order valence-electron chi connectivity index (χ0n) is 9.80. The summed E-state index contributed by atoms with van der Waals surface area (Å²) in [6.45, 7) is 3.80. The summed E-state index contributed by atoms with van der Waals surface area (Å²) in [7, 11) is -3.38. The lowest BCUT2D eigenvalue weighted by atomic mass is 10.0. The SMILES string of the molecule is CCc1cnccc1CC(C)OS(C)(=O)=O. The van der Waals surface area contributed by atoms with Gasteiger partial charge in [-0.05, 0) is 30.5 Å². The molecule has 1 aromatic rings. The van der Waals surface area contributed by atoms with Gasteiger partial charge in [0.05, 0.1) is 12.4 Å². The monoisotopic (exact) mass is 243 g/mol. The Morgan fingerprint density at radius 2 is 2.12 bits per heavy atom. The molecule has 0 saturated heterocycles. The summed E-state index contributed by atoms with van der Waals surface area (Å²) in [6.07, 6.45) is 5.71.